The number of nitrogens with zero attached hydrogens (tertiary/aromatic N) is 20. The van der Waals surface area contributed by atoms with E-state index in [9.17, 15) is 58.8 Å². The van der Waals surface area contributed by atoms with E-state index in [1.165, 1.54) is 23.1 Å². The van der Waals surface area contributed by atoms with Crippen molar-refractivity contribution in [1.29, 1.82) is 0 Å². The molecule has 16 heterocycles. The number of aliphatic imine (C=N–C) groups is 4. The first-order chi connectivity index (χ1) is 70.3. The lowest BCUT2D eigenvalue weighted by Gasteiger charge is -2.30. The Morgan fingerprint density at radius 2 is 0.568 bits per heavy atom. The number of carbonyl (C=O) groups excluding carboxylic acids is 8. The Balaban J connectivity index is 0.000000135. The molecule has 8 aliphatic rings. The first kappa shape index (κ1) is 107. The molecule has 0 radical (unpaired) electrons. The number of carbonyl (C=O) groups is 8. The second-order valence-electron chi connectivity index (χ2n) is 42.9. The summed E-state index contributed by atoms with van der Waals surface area (Å²) in [5, 5.41) is 58.7. The fraction of sp³-hybridized carbons (Fsp3) is 0.473. The van der Waals surface area contributed by atoms with Crippen molar-refractivity contribution in [2.24, 2.45) is 57.7 Å². The lowest BCUT2D eigenvalue weighted by molar-refractivity contribution is -0.134. The van der Waals surface area contributed by atoms with E-state index in [1.54, 1.807) is 101 Å². The molecule has 0 aliphatic carbocycles. The van der Waals surface area contributed by atoms with Crippen LogP contribution >= 0.6 is 68.4 Å². The predicted molar refractivity (Wildman–Crippen MR) is 577 cm³/mol. The molecule has 38 heteroatoms. The highest BCUT2D eigenvalue weighted by molar-refractivity contribution is 7.14. The zero-order valence-corrected chi connectivity index (χ0v) is 91.9. The number of aliphatic hydroxyl groups excluding tert-OH is 4. The lowest BCUT2D eigenvalue weighted by atomic mass is 9.78. The number of hydrogen-bond acceptors (Lipinski definition) is 28. The minimum absolute atomic E-state index is 0.0132. The second-order valence-corrected chi connectivity index (χ2v) is 48.0. The van der Waals surface area contributed by atoms with Gasteiger partial charge in [0.1, 0.15) is 0 Å². The van der Waals surface area contributed by atoms with Gasteiger partial charge in [0.15, 0.2) is 0 Å². The Bertz CT molecular complexity index is 6270. The van der Waals surface area contributed by atoms with Crippen molar-refractivity contribution in [2.45, 2.75) is 270 Å². The average Bonchev–Trinajstić information content (AvgIpc) is 1.61. The number of β-amino-alcohol motifs (C(OH)–C–C–N with tert-alkyl or cyclic N) is 4. The number of rotatable bonds is 24. The van der Waals surface area contributed by atoms with Gasteiger partial charge in [0.25, 0.3) is 23.6 Å². The molecule has 4 aromatic carbocycles. The van der Waals surface area contributed by atoms with Crippen LogP contribution in [0.5, 0.6) is 0 Å². The first-order valence-corrected chi connectivity index (χ1v) is 55.4. The maximum Gasteiger partial charge on any atom is 0.256 e. The highest BCUT2D eigenvalue weighted by Crippen LogP contribution is 2.48. The van der Waals surface area contributed by atoms with Crippen molar-refractivity contribution < 1.29 is 58.8 Å². The smallest absolute Gasteiger partial charge is 0.256 e. The largest absolute Gasteiger partial charge is 0.391 e. The number of hydrogen-bond donors (Lipinski definition) is 4. The summed E-state index contributed by atoms with van der Waals surface area (Å²) in [6.45, 7) is 36.4. The first-order valence-electron chi connectivity index (χ1n) is 50.4. The number of aryl methyl sites for hydroxylation is 8. The second kappa shape index (κ2) is 43.5. The van der Waals surface area contributed by atoms with Crippen molar-refractivity contribution in [2.75, 3.05) is 26.2 Å². The van der Waals surface area contributed by atoms with Gasteiger partial charge in [-0.2, -0.15) is 8.75 Å². The Kier molecular flexibility index (Phi) is 31.6. The molecule has 0 saturated carbocycles. The molecule has 12 aromatic rings. The Labute approximate surface area is 886 Å². The van der Waals surface area contributed by atoms with Gasteiger partial charge in [0, 0.05) is 137 Å². The van der Waals surface area contributed by atoms with Crippen molar-refractivity contribution in [3.63, 3.8) is 0 Å². The van der Waals surface area contributed by atoms with Crippen LogP contribution < -0.4 is 0 Å². The van der Waals surface area contributed by atoms with Gasteiger partial charge in [-0.15, -0.1) is 55.5 Å². The van der Waals surface area contributed by atoms with Gasteiger partial charge < -0.3 is 40.0 Å². The highest BCUT2D eigenvalue weighted by atomic mass is 32.1. The topological polar surface area (TPSA) is 419 Å². The normalized spacial score (nSPS) is 24.7. The van der Waals surface area contributed by atoms with Crippen LogP contribution in [-0.4, -0.2) is 244 Å². The standard InChI is InChI=1S/2C28H32N4O3S2.2C27H32N6O3S/c2*1-15(2)24(23-10-16(3)31-37-23)26(34)32-13-20(33)11-22(32)21-12-28(5,27(35)30-21)19-8-6-18(7-9-19)25-17(4)29-14-36-25;2*1-15(2)23(21-13-32(5)31-30-21)25(35)33-12-19(34)10-22(33)20-11-27(4,26(36)29-20)18-8-6-17(7-9-18)24-16(3)28-14-37-24/h2*6-10,14-15,20,22,24,33H,11-13H2,1-5H3;2*6-9,13-15,19,22-23,34H,10-12H2,1-5H3/t20-,22?,24?,28+;20-,22+,24-,28+;19-,22+,23+,27+;19-,22-,23-,27+/m1111/s1. The lowest BCUT2D eigenvalue weighted by Crippen LogP contribution is -2.44. The number of thiazole rings is 4. The van der Waals surface area contributed by atoms with Crippen LogP contribution in [0.15, 0.2) is 164 Å². The van der Waals surface area contributed by atoms with Crippen molar-refractivity contribution >= 4 is 139 Å². The minimum Gasteiger partial charge on any atom is -0.391 e. The van der Waals surface area contributed by atoms with Crippen LogP contribution in [0, 0.1) is 65.2 Å². The Hall–Kier alpha value is -12.0. The number of aliphatic hydroxyl groups is 4. The van der Waals surface area contributed by atoms with Gasteiger partial charge in [-0.1, -0.05) is 163 Å². The van der Waals surface area contributed by atoms with Gasteiger partial charge in [-0.3, -0.25) is 47.7 Å². The van der Waals surface area contributed by atoms with E-state index >= 15 is 0 Å². The average molecular weight is 2110 g/mol. The summed E-state index contributed by atoms with van der Waals surface area (Å²) in [4.78, 5) is 157. The number of aromatic nitrogens is 12. The van der Waals surface area contributed by atoms with Gasteiger partial charge in [0.05, 0.1) is 181 Å². The van der Waals surface area contributed by atoms with Crippen molar-refractivity contribution in [1.82, 2.24) is 78.3 Å². The summed E-state index contributed by atoms with van der Waals surface area (Å²) < 4.78 is 11.9. The zero-order chi connectivity index (χ0) is 106. The van der Waals surface area contributed by atoms with Gasteiger partial charge in [-0.05, 0) is 173 Å². The Morgan fingerprint density at radius 3 is 0.750 bits per heavy atom. The molecule has 16 atom stereocenters. The van der Waals surface area contributed by atoms with E-state index in [0.29, 0.717) is 85.6 Å². The third kappa shape index (κ3) is 21.5. The molecular formula is C110H128N20O12S6. The molecule has 20 rings (SSSR count). The molecular weight excluding hydrogens is 1990 g/mol. The molecule has 4 N–H and O–H groups in total. The van der Waals surface area contributed by atoms with Crippen LogP contribution in [0.1, 0.15) is 236 Å². The van der Waals surface area contributed by atoms with Gasteiger partial charge in [0.2, 0.25) is 23.6 Å². The number of amides is 8. The Morgan fingerprint density at radius 1 is 0.345 bits per heavy atom. The minimum atomic E-state index is -0.818. The maximum absolute atomic E-state index is 13.8. The number of benzene rings is 4. The van der Waals surface area contributed by atoms with E-state index in [0.717, 1.165) is 108 Å². The predicted octanol–water partition coefficient (Wildman–Crippen LogP) is 16.4. The monoisotopic (exact) mass is 2110 g/mol. The molecule has 8 amide bonds. The van der Waals surface area contributed by atoms with Crippen LogP contribution in [0.2, 0.25) is 0 Å². The third-order valence-corrected chi connectivity index (χ3v) is 36.3. The van der Waals surface area contributed by atoms with Crippen LogP contribution in [0.25, 0.3) is 41.8 Å². The number of likely N-dealkylation sites (tertiary alicyclic amines) is 4. The summed E-state index contributed by atoms with van der Waals surface area (Å²) >= 11 is 9.10. The molecule has 0 bridgehead atoms. The van der Waals surface area contributed by atoms with E-state index in [-0.39, 0.29) is 121 Å². The molecule has 8 aliphatic heterocycles. The highest BCUT2D eigenvalue weighted by Gasteiger charge is 2.55. The molecule has 32 nitrogen and oxygen atoms in total. The van der Waals surface area contributed by atoms with E-state index in [2.05, 4.69) is 69.3 Å². The van der Waals surface area contributed by atoms with Crippen molar-refractivity contribution in [3.8, 4) is 41.8 Å². The van der Waals surface area contributed by atoms with Crippen molar-refractivity contribution in [3.05, 3.63) is 221 Å². The SMILES string of the molecule is Cc1cc(C(C(=O)N2C[C@H](O)CC2C2=NC(=O)[C@](C)(c3ccc(-c4scnc4C)cc3)C2)C(C)C)sn1.Cc1cc([C@H](C(=O)N2C[C@H](O)C[C@H]2C2=NC(=O)[C@](C)(c3ccc(-c4scnc4C)cc3)C2)C(C)C)sn1.Cc1ncsc1-c1ccc([C@]2(C)CC([C@@H]3C[C@@H](O)CN3C(=O)[C@H](c3cn(C)nn3)C(C)C)=NC2=O)cc1.Cc1ncsc1-c1ccc([C@]2(C)CC([C@H]3C[C@@H](O)CN3C(=O)[C@@H](c3cn(C)nn3)C(C)C)=NC2=O)cc1. The van der Waals surface area contributed by atoms with E-state index < -0.39 is 70.0 Å². The fourth-order valence-corrected chi connectivity index (χ4v) is 27.4. The van der Waals surface area contributed by atoms with Crippen LogP contribution in [0.4, 0.5) is 0 Å². The molecule has 0 spiro atoms. The fourth-order valence-electron chi connectivity index (χ4n) is 22.1. The summed E-state index contributed by atoms with van der Waals surface area (Å²) in [5.74, 6) is -2.68. The van der Waals surface area contributed by atoms with E-state index in [1.807, 2.05) is 256 Å². The van der Waals surface area contributed by atoms with Crippen LogP contribution in [0.3, 0.4) is 0 Å². The summed E-state index contributed by atoms with van der Waals surface area (Å²) in [5.41, 5.74) is 21.6. The molecule has 776 valence electrons. The van der Waals surface area contributed by atoms with Gasteiger partial charge >= 0.3 is 0 Å². The molecule has 4 saturated heterocycles. The summed E-state index contributed by atoms with van der Waals surface area (Å²) in [6.07, 6.45) is 4.07. The van der Waals surface area contributed by atoms with Crippen LogP contribution in [-0.2, 0) is 74.1 Å². The molecule has 4 fully saturated rings. The molecule has 2 unspecified atom stereocenters. The van der Waals surface area contributed by atoms with E-state index in [4.69, 9.17) is 0 Å². The summed E-state index contributed by atoms with van der Waals surface area (Å²) in [7, 11) is 3.54. The quantitative estimate of drug-likeness (QED) is 0.0436. The third-order valence-electron chi connectivity index (χ3n) is 30.4. The van der Waals surface area contributed by atoms with Gasteiger partial charge in [-0.25, -0.2) is 39.9 Å². The maximum atomic E-state index is 13.8. The zero-order valence-electron chi connectivity index (χ0n) is 87.0. The molecule has 8 aromatic heterocycles. The summed E-state index contributed by atoms with van der Waals surface area (Å²) in [6, 6.07) is 34.5. The molecule has 148 heavy (non-hydrogen) atoms.